The average molecular weight is 638 g/mol. The number of rotatable bonds is 20. The first-order chi connectivity index (χ1) is 21.6. The number of ether oxygens (including phenoxy) is 1. The molecule has 0 radical (unpaired) electrons. The molecule has 3 rings (SSSR count). The third kappa shape index (κ3) is 9.09. The van der Waals surface area contributed by atoms with Gasteiger partial charge in [0.2, 0.25) is 5.91 Å². The summed E-state index contributed by atoms with van der Waals surface area (Å²) in [6.45, 7) is 15.0. The molecule has 248 valence electrons. The Hall–Kier alpha value is -2.92. The van der Waals surface area contributed by atoms with E-state index in [4.69, 9.17) is 9.84 Å². The number of unbranched alkanes of at least 4 members (excludes halogenated alkanes) is 3. The van der Waals surface area contributed by atoms with Crippen molar-refractivity contribution >= 4 is 30.0 Å². The Labute approximate surface area is 271 Å². The van der Waals surface area contributed by atoms with Crippen molar-refractivity contribution in [1.29, 1.82) is 0 Å². The predicted molar refractivity (Wildman–Crippen MR) is 187 cm³/mol. The van der Waals surface area contributed by atoms with E-state index in [1.54, 1.807) is 11.0 Å². The quantitative estimate of drug-likeness (QED) is 0.0487. The Bertz CT molecular complexity index is 1320. The number of β-lactam (4-membered cyclic amide) rings is 1. The molecule has 1 aliphatic rings. The van der Waals surface area contributed by atoms with Crippen LogP contribution < -0.4 is 0 Å². The van der Waals surface area contributed by atoms with Gasteiger partial charge in [0.25, 0.3) is 0 Å². The molecule has 7 nitrogen and oxygen atoms in total. The lowest BCUT2D eigenvalue weighted by Crippen LogP contribution is -2.67. The molecular weight excluding hydrogens is 581 g/mol. The number of amides is 1. The number of Topliss-reactive ketones (excluding diaryl/α,β-unsaturated/α-hetero) is 1. The number of hydrogen-bond donors (Lipinski definition) is 0. The number of aryl methyl sites for hydroxylation is 3. The summed E-state index contributed by atoms with van der Waals surface area (Å²) in [5.74, 6) is -0.838. The predicted octanol–water partition coefficient (Wildman–Crippen LogP) is 7.77. The van der Waals surface area contributed by atoms with E-state index >= 15 is 0 Å². The van der Waals surface area contributed by atoms with E-state index in [-0.39, 0.29) is 36.6 Å². The van der Waals surface area contributed by atoms with Crippen LogP contribution in [0.1, 0.15) is 101 Å². The fourth-order valence-corrected chi connectivity index (χ4v) is 11.8. The molecule has 45 heavy (non-hydrogen) atoms. The molecule has 2 aromatic rings. The van der Waals surface area contributed by atoms with Crippen molar-refractivity contribution in [2.24, 2.45) is 11.8 Å². The fourth-order valence-electron chi connectivity index (χ4n) is 6.58. The first kappa shape index (κ1) is 36.5. The van der Waals surface area contributed by atoms with Crippen LogP contribution >= 0.6 is 6.89 Å². The number of likely N-dealkylation sites (tertiary alicyclic amines) is 1. The SMILES string of the molecule is C=CCOC(=O)C(N1C(=O)C(C(C)C)C1CC(=O)c1cc(C)n(CCc2ccccc2)n1)=P(CCCC)(CCCC)CCCC. The molecule has 2 unspecified atom stereocenters. The molecular formula is C37H56N3O4P. The van der Waals surface area contributed by atoms with Crippen molar-refractivity contribution in [3.8, 4) is 0 Å². The highest BCUT2D eigenvalue weighted by molar-refractivity contribution is 7.77. The number of benzene rings is 1. The van der Waals surface area contributed by atoms with Crippen molar-refractivity contribution in [3.63, 3.8) is 0 Å². The van der Waals surface area contributed by atoms with Crippen LogP contribution in [0, 0.1) is 18.8 Å². The van der Waals surface area contributed by atoms with Crippen LogP contribution in [0.4, 0.5) is 0 Å². The lowest BCUT2D eigenvalue weighted by molar-refractivity contribution is -0.153. The second-order valence-electron chi connectivity index (χ2n) is 12.9. The highest BCUT2D eigenvalue weighted by Crippen LogP contribution is 2.54. The van der Waals surface area contributed by atoms with Gasteiger partial charge in [-0.25, -0.2) is 4.79 Å². The second-order valence-corrected chi connectivity index (χ2v) is 16.9. The summed E-state index contributed by atoms with van der Waals surface area (Å²) in [7, 11) is 0. The number of ketones is 1. The van der Waals surface area contributed by atoms with Crippen LogP contribution in [0.3, 0.4) is 0 Å². The summed E-state index contributed by atoms with van der Waals surface area (Å²) < 4.78 is 7.65. The van der Waals surface area contributed by atoms with Gasteiger partial charge in [0.1, 0.15) is 17.7 Å². The normalized spacial score (nSPS) is 16.5. The van der Waals surface area contributed by atoms with E-state index in [0.717, 1.165) is 69.1 Å². The molecule has 1 amide bonds. The zero-order valence-corrected chi connectivity index (χ0v) is 29.5. The maximum Gasteiger partial charge on any atom is 0.355 e. The Kier molecular flexibility index (Phi) is 14.4. The number of carbonyl (C=O) groups is 3. The molecule has 1 aromatic carbocycles. The molecule has 0 bridgehead atoms. The molecule has 1 aliphatic heterocycles. The molecule has 8 heteroatoms. The molecule has 1 saturated heterocycles. The van der Waals surface area contributed by atoms with E-state index in [0.29, 0.717) is 17.7 Å². The first-order valence-corrected chi connectivity index (χ1v) is 19.4. The smallest absolute Gasteiger partial charge is 0.355 e. The Morgan fingerprint density at radius 2 is 1.62 bits per heavy atom. The number of esters is 1. The summed E-state index contributed by atoms with van der Waals surface area (Å²) in [6, 6.07) is 11.7. The minimum atomic E-state index is -2.08. The summed E-state index contributed by atoms with van der Waals surface area (Å²) in [5.41, 5.74) is 3.14. The highest BCUT2D eigenvalue weighted by atomic mass is 31.2. The van der Waals surface area contributed by atoms with E-state index in [2.05, 4.69) is 39.5 Å². The van der Waals surface area contributed by atoms with E-state index < -0.39 is 18.9 Å². The second kappa shape index (κ2) is 17.7. The van der Waals surface area contributed by atoms with Crippen molar-refractivity contribution in [3.05, 3.63) is 66.0 Å². The van der Waals surface area contributed by atoms with Gasteiger partial charge in [-0.3, -0.25) is 14.3 Å². The van der Waals surface area contributed by atoms with Gasteiger partial charge in [-0.1, -0.05) is 104 Å². The summed E-state index contributed by atoms with van der Waals surface area (Å²) in [6.07, 6.45) is 11.3. The van der Waals surface area contributed by atoms with Crippen LogP contribution in [-0.4, -0.2) is 68.9 Å². The first-order valence-electron chi connectivity index (χ1n) is 17.1. The zero-order chi connectivity index (χ0) is 33.0. The maximum absolute atomic E-state index is 14.1. The van der Waals surface area contributed by atoms with Gasteiger partial charge in [0, 0.05) is 18.7 Å². The Morgan fingerprint density at radius 3 is 2.16 bits per heavy atom. The number of carbonyl (C=O) groups excluding carboxylic acids is 3. The van der Waals surface area contributed by atoms with Crippen molar-refractivity contribution < 1.29 is 19.1 Å². The molecule has 2 heterocycles. The van der Waals surface area contributed by atoms with Gasteiger partial charge in [0.15, 0.2) is 5.78 Å². The third-order valence-corrected chi connectivity index (χ3v) is 13.9. The Balaban J connectivity index is 2.04. The summed E-state index contributed by atoms with van der Waals surface area (Å²) in [5, 5.41) is 4.70. The van der Waals surface area contributed by atoms with Gasteiger partial charge >= 0.3 is 5.97 Å². The van der Waals surface area contributed by atoms with Gasteiger partial charge in [-0.2, -0.15) is 5.10 Å². The molecule has 0 aliphatic carbocycles. The molecule has 1 aromatic heterocycles. The number of hydrogen-bond acceptors (Lipinski definition) is 5. The highest BCUT2D eigenvalue weighted by Gasteiger charge is 2.54. The molecule has 0 spiro atoms. The van der Waals surface area contributed by atoms with Crippen LogP contribution in [0.5, 0.6) is 0 Å². The average Bonchev–Trinajstić information content (AvgIpc) is 3.41. The fraction of sp³-hybridized carbons (Fsp3) is 0.595. The van der Waals surface area contributed by atoms with E-state index in [9.17, 15) is 14.4 Å². The lowest BCUT2D eigenvalue weighted by Gasteiger charge is -2.51. The van der Waals surface area contributed by atoms with Crippen LogP contribution in [0.15, 0.2) is 49.1 Å². The summed E-state index contributed by atoms with van der Waals surface area (Å²) >= 11 is 0. The molecule has 0 N–H and O–H groups in total. The third-order valence-electron chi connectivity index (χ3n) is 9.11. The van der Waals surface area contributed by atoms with E-state index in [1.165, 1.54) is 5.56 Å². The lowest BCUT2D eigenvalue weighted by atomic mass is 9.76. The minimum Gasteiger partial charge on any atom is -0.457 e. The van der Waals surface area contributed by atoms with Crippen LogP contribution in [0.2, 0.25) is 0 Å². The molecule has 1 fully saturated rings. The van der Waals surface area contributed by atoms with Crippen molar-refractivity contribution in [2.45, 2.75) is 105 Å². The van der Waals surface area contributed by atoms with Crippen LogP contribution in [0.25, 0.3) is 0 Å². The monoisotopic (exact) mass is 637 g/mol. The Morgan fingerprint density at radius 1 is 1.02 bits per heavy atom. The maximum atomic E-state index is 14.1. The summed E-state index contributed by atoms with van der Waals surface area (Å²) in [4.78, 5) is 43.8. The van der Waals surface area contributed by atoms with Gasteiger partial charge < -0.3 is 9.64 Å². The minimum absolute atomic E-state index is 0.0387. The topological polar surface area (TPSA) is 81.5 Å². The number of aromatic nitrogens is 2. The molecule has 0 saturated carbocycles. The zero-order valence-electron chi connectivity index (χ0n) is 28.6. The largest absolute Gasteiger partial charge is 0.457 e. The van der Waals surface area contributed by atoms with Gasteiger partial charge in [-0.15, -0.1) is 0 Å². The standard InChI is InChI=1S/C37H56N3O4P/c1-8-12-23-45(24-13-9-2,25-14-10-3)36(37(43)44-22-11-4)40-32(34(28(5)6)35(40)42)27-33(41)31-26-29(7)39(38-31)21-20-30-18-16-15-17-19-30/h11,15-19,26,28,32,34H,4,8-10,12-14,20-25,27H2,1-3,5-7H3. The van der Waals surface area contributed by atoms with Crippen molar-refractivity contribution in [2.75, 3.05) is 25.1 Å². The van der Waals surface area contributed by atoms with Gasteiger partial charge in [-0.05, 0) is 68.6 Å². The molecule has 2 atom stereocenters. The van der Waals surface area contributed by atoms with E-state index in [1.807, 2.05) is 49.7 Å². The van der Waals surface area contributed by atoms with Gasteiger partial charge in [0.05, 0.1) is 12.0 Å². The number of nitrogens with zero attached hydrogens (tertiary/aromatic N) is 3. The van der Waals surface area contributed by atoms with Crippen molar-refractivity contribution in [1.82, 2.24) is 14.7 Å². The van der Waals surface area contributed by atoms with Crippen LogP contribution in [-0.2, 0) is 27.3 Å².